The summed E-state index contributed by atoms with van der Waals surface area (Å²) >= 11 is 0. The first-order chi connectivity index (χ1) is 31.5. The van der Waals surface area contributed by atoms with Crippen LogP contribution < -0.4 is 4.90 Å². The maximum Gasteiger partial charge on any atom is 0.159 e. The molecule has 1 aliphatic rings. The van der Waals surface area contributed by atoms with Crippen LogP contribution in [0.15, 0.2) is 223 Å². The Balaban J connectivity index is 0.927. The van der Waals surface area contributed by atoms with Gasteiger partial charge in [-0.2, -0.15) is 0 Å². The normalized spacial score (nSPS) is 13.0. The lowest BCUT2D eigenvalue weighted by Gasteiger charge is -2.28. The van der Waals surface area contributed by atoms with Gasteiger partial charge in [-0.1, -0.05) is 159 Å². The van der Waals surface area contributed by atoms with E-state index in [2.05, 4.69) is 236 Å². The van der Waals surface area contributed by atoms with Crippen molar-refractivity contribution in [2.24, 2.45) is 0 Å². The van der Waals surface area contributed by atoms with Gasteiger partial charge in [0.1, 0.15) is 5.58 Å². The number of aromatic nitrogens is 1. The van der Waals surface area contributed by atoms with Gasteiger partial charge in [0.2, 0.25) is 0 Å². The van der Waals surface area contributed by atoms with Gasteiger partial charge in [-0.25, -0.2) is 0 Å². The lowest BCUT2D eigenvalue weighted by molar-refractivity contribution is 0.660. The summed E-state index contributed by atoms with van der Waals surface area (Å²) in [6.45, 7) is 4.76. The number of anilines is 3. The molecule has 0 atom stereocenters. The topological polar surface area (TPSA) is 21.3 Å². The third kappa shape index (κ3) is 5.47. The Labute approximate surface area is 371 Å². The molecule has 0 fully saturated rings. The zero-order chi connectivity index (χ0) is 42.5. The molecule has 10 aromatic carbocycles. The summed E-state index contributed by atoms with van der Waals surface area (Å²) in [5, 5.41) is 7.23. The molecule has 12 aromatic rings. The molecule has 0 saturated carbocycles. The molecule has 0 N–H and O–H groups in total. The third-order valence-corrected chi connectivity index (χ3v) is 13.8. The van der Waals surface area contributed by atoms with Crippen molar-refractivity contribution in [3.8, 4) is 39.1 Å². The first kappa shape index (κ1) is 36.5. The molecule has 0 spiro atoms. The van der Waals surface area contributed by atoms with Crippen molar-refractivity contribution in [1.82, 2.24) is 4.57 Å². The fourth-order valence-corrected chi connectivity index (χ4v) is 10.7. The van der Waals surface area contributed by atoms with E-state index in [-0.39, 0.29) is 5.41 Å². The van der Waals surface area contributed by atoms with Gasteiger partial charge in [0.05, 0.1) is 16.7 Å². The van der Waals surface area contributed by atoms with Crippen molar-refractivity contribution < 1.29 is 4.42 Å². The van der Waals surface area contributed by atoms with E-state index in [1.54, 1.807) is 0 Å². The van der Waals surface area contributed by atoms with Crippen LogP contribution in [-0.4, -0.2) is 4.57 Å². The molecular formula is C61H42N2O. The lowest BCUT2D eigenvalue weighted by Crippen LogP contribution is -2.16. The Morgan fingerprint density at radius 1 is 0.406 bits per heavy atom. The Morgan fingerprint density at radius 3 is 1.88 bits per heavy atom. The van der Waals surface area contributed by atoms with Crippen molar-refractivity contribution in [1.29, 1.82) is 0 Å². The highest BCUT2D eigenvalue weighted by Gasteiger charge is 2.36. The van der Waals surface area contributed by atoms with Gasteiger partial charge >= 0.3 is 0 Å². The van der Waals surface area contributed by atoms with Gasteiger partial charge < -0.3 is 13.9 Å². The van der Waals surface area contributed by atoms with Crippen LogP contribution in [0.1, 0.15) is 25.0 Å². The number of rotatable bonds is 6. The highest BCUT2D eigenvalue weighted by Crippen LogP contribution is 2.52. The van der Waals surface area contributed by atoms with Crippen LogP contribution >= 0.6 is 0 Å². The van der Waals surface area contributed by atoms with Crippen LogP contribution in [0.4, 0.5) is 17.1 Å². The number of nitrogens with zero attached hydrogens (tertiary/aromatic N) is 2. The molecule has 0 bridgehead atoms. The molecule has 3 nitrogen and oxygen atoms in total. The summed E-state index contributed by atoms with van der Waals surface area (Å²) in [5.41, 5.74) is 18.4. The first-order valence-electron chi connectivity index (χ1n) is 22.2. The van der Waals surface area contributed by atoms with E-state index in [1.165, 1.54) is 82.8 Å². The molecule has 0 aliphatic heterocycles. The summed E-state index contributed by atoms with van der Waals surface area (Å²) in [4.78, 5) is 2.38. The largest absolute Gasteiger partial charge is 0.454 e. The lowest BCUT2D eigenvalue weighted by atomic mass is 9.81. The van der Waals surface area contributed by atoms with Crippen LogP contribution in [0, 0.1) is 0 Å². The number of para-hydroxylation sites is 4. The van der Waals surface area contributed by atoms with E-state index in [4.69, 9.17) is 4.42 Å². The van der Waals surface area contributed by atoms with Crippen LogP contribution in [0.5, 0.6) is 0 Å². The average molecular weight is 819 g/mol. The number of benzene rings is 10. The molecular weight excluding hydrogens is 777 g/mol. The fourth-order valence-electron chi connectivity index (χ4n) is 10.7. The minimum atomic E-state index is -0.251. The summed E-state index contributed by atoms with van der Waals surface area (Å²) in [6.07, 6.45) is 0. The standard InChI is InChI=1S/C61H42N2O/c1-61(2)54-37-42(41-29-35-57-53(36-41)50-19-8-10-23-56(50)63(57)43-16-4-3-5-17-43)28-33-48(54)49-34-32-45(38-55(49)61)62(58-24-13-22-52-51-20-9-11-25-59(51)64-60(52)58)44-30-26-40(27-31-44)47-21-12-15-39-14-6-7-18-46(39)47/h3-38H,1-2H3. The molecule has 1 aliphatic carbocycles. The second-order valence-corrected chi connectivity index (χ2v) is 17.7. The Morgan fingerprint density at radius 2 is 1.02 bits per heavy atom. The molecule has 0 saturated heterocycles. The van der Waals surface area contributed by atoms with Crippen molar-refractivity contribution >= 4 is 71.6 Å². The number of fused-ring (bicyclic) bond motifs is 10. The predicted octanol–water partition coefficient (Wildman–Crippen LogP) is 16.9. The SMILES string of the molecule is CC1(C)c2cc(-c3ccc4c(c3)c3ccccc3n4-c3ccccc3)ccc2-c2ccc(N(c3ccc(-c4cccc5ccccc45)cc3)c3cccc4c3oc3ccccc34)cc21. The molecule has 2 aromatic heterocycles. The minimum absolute atomic E-state index is 0.251. The highest BCUT2D eigenvalue weighted by atomic mass is 16.3. The Kier molecular flexibility index (Phi) is 7.95. The monoisotopic (exact) mass is 818 g/mol. The summed E-state index contributed by atoms with van der Waals surface area (Å²) in [6, 6.07) is 79.6. The second kappa shape index (κ2) is 13.9. The molecule has 0 unspecified atom stereocenters. The van der Waals surface area contributed by atoms with Crippen molar-refractivity contribution in [3.63, 3.8) is 0 Å². The van der Waals surface area contributed by atoms with E-state index in [1.807, 2.05) is 6.07 Å². The second-order valence-electron chi connectivity index (χ2n) is 17.7. The van der Waals surface area contributed by atoms with Crippen LogP contribution in [0.3, 0.4) is 0 Å². The van der Waals surface area contributed by atoms with Crippen molar-refractivity contribution in [2.75, 3.05) is 4.90 Å². The van der Waals surface area contributed by atoms with Gasteiger partial charge in [0.25, 0.3) is 0 Å². The van der Waals surface area contributed by atoms with Gasteiger partial charge in [0.15, 0.2) is 5.58 Å². The van der Waals surface area contributed by atoms with Crippen LogP contribution in [0.2, 0.25) is 0 Å². The van der Waals surface area contributed by atoms with E-state index >= 15 is 0 Å². The van der Waals surface area contributed by atoms with E-state index in [0.717, 1.165) is 39.0 Å². The molecule has 3 heteroatoms. The third-order valence-electron chi connectivity index (χ3n) is 13.8. The molecule has 302 valence electrons. The predicted molar refractivity (Wildman–Crippen MR) is 269 cm³/mol. The highest BCUT2D eigenvalue weighted by molar-refractivity contribution is 6.12. The van der Waals surface area contributed by atoms with Gasteiger partial charge in [-0.15, -0.1) is 0 Å². The Bertz CT molecular complexity index is 3810. The van der Waals surface area contributed by atoms with E-state index < -0.39 is 0 Å². The molecule has 13 rings (SSSR count). The average Bonchev–Trinajstić information content (AvgIpc) is 3.97. The van der Waals surface area contributed by atoms with Crippen LogP contribution in [0.25, 0.3) is 93.6 Å². The van der Waals surface area contributed by atoms with Crippen molar-refractivity contribution in [3.05, 3.63) is 230 Å². The number of hydrogen-bond donors (Lipinski definition) is 0. The minimum Gasteiger partial charge on any atom is -0.454 e. The zero-order valence-corrected chi connectivity index (χ0v) is 35.6. The first-order valence-corrected chi connectivity index (χ1v) is 22.2. The summed E-state index contributed by atoms with van der Waals surface area (Å²) in [7, 11) is 0. The maximum absolute atomic E-state index is 6.72. The number of furan rings is 1. The fraction of sp³-hybridized carbons (Fsp3) is 0.0492. The summed E-state index contributed by atoms with van der Waals surface area (Å²) in [5.74, 6) is 0. The molecule has 2 heterocycles. The quantitative estimate of drug-likeness (QED) is 0.167. The molecule has 0 radical (unpaired) electrons. The van der Waals surface area contributed by atoms with E-state index in [0.29, 0.717) is 0 Å². The Hall–Kier alpha value is -8.14. The van der Waals surface area contributed by atoms with Gasteiger partial charge in [-0.05, 0) is 128 Å². The molecule has 0 amide bonds. The van der Waals surface area contributed by atoms with E-state index in [9.17, 15) is 0 Å². The zero-order valence-electron chi connectivity index (χ0n) is 35.6. The van der Waals surface area contributed by atoms with Crippen LogP contribution in [-0.2, 0) is 5.41 Å². The van der Waals surface area contributed by atoms with Gasteiger partial charge in [-0.3, -0.25) is 0 Å². The summed E-state index contributed by atoms with van der Waals surface area (Å²) < 4.78 is 9.10. The van der Waals surface area contributed by atoms with Gasteiger partial charge in [0, 0.05) is 44.0 Å². The number of hydrogen-bond acceptors (Lipinski definition) is 2. The van der Waals surface area contributed by atoms with Crippen molar-refractivity contribution in [2.45, 2.75) is 19.3 Å². The maximum atomic E-state index is 6.72. The smallest absolute Gasteiger partial charge is 0.159 e. The molecule has 64 heavy (non-hydrogen) atoms.